The van der Waals surface area contributed by atoms with Gasteiger partial charge in [-0.1, -0.05) is 12.1 Å². The van der Waals surface area contributed by atoms with Gasteiger partial charge in [0.25, 0.3) is 5.91 Å². The van der Waals surface area contributed by atoms with E-state index >= 15 is 0 Å². The summed E-state index contributed by atoms with van der Waals surface area (Å²) in [6.07, 6.45) is 2.82. The van der Waals surface area contributed by atoms with Gasteiger partial charge in [0.05, 0.1) is 39.6 Å². The van der Waals surface area contributed by atoms with Gasteiger partial charge in [-0.3, -0.25) is 4.79 Å². The number of aromatic nitrogens is 1. The van der Waals surface area contributed by atoms with Crippen molar-refractivity contribution in [1.82, 2.24) is 9.47 Å². The second kappa shape index (κ2) is 7.38. The molecule has 0 bridgehead atoms. The van der Waals surface area contributed by atoms with Crippen molar-refractivity contribution in [3.8, 4) is 6.07 Å². The third-order valence-electron chi connectivity index (χ3n) is 5.96. The zero-order valence-corrected chi connectivity index (χ0v) is 17.7. The van der Waals surface area contributed by atoms with Gasteiger partial charge in [-0.2, -0.15) is 5.26 Å². The van der Waals surface area contributed by atoms with Crippen LogP contribution >= 0.6 is 15.9 Å². The van der Waals surface area contributed by atoms with Crippen molar-refractivity contribution >= 4 is 21.8 Å². The fraction of sp³-hybridized carbons (Fsp3) is 0.455. The van der Waals surface area contributed by atoms with Gasteiger partial charge in [-0.15, -0.1) is 0 Å². The summed E-state index contributed by atoms with van der Waals surface area (Å²) in [5.41, 5.74) is 3.40. The molecule has 2 heterocycles. The van der Waals surface area contributed by atoms with Crippen molar-refractivity contribution in [1.29, 1.82) is 5.26 Å². The van der Waals surface area contributed by atoms with Crippen LogP contribution in [0.3, 0.4) is 0 Å². The van der Waals surface area contributed by atoms with E-state index in [0.29, 0.717) is 5.56 Å². The topological polar surface area (TPSA) is 69.3 Å². The van der Waals surface area contributed by atoms with Crippen molar-refractivity contribution in [3.63, 3.8) is 0 Å². The molecule has 1 N–H and O–H groups in total. The smallest absolute Gasteiger partial charge is 0.256 e. The molecule has 2 aromatic rings. The fourth-order valence-electron chi connectivity index (χ4n) is 4.64. The maximum Gasteiger partial charge on any atom is 0.256 e. The number of carbonyl (C=O) groups excluding carboxylic acids is 1. The lowest BCUT2D eigenvalue weighted by Gasteiger charge is -2.38. The van der Waals surface area contributed by atoms with E-state index in [1.54, 1.807) is 0 Å². The van der Waals surface area contributed by atoms with Crippen molar-refractivity contribution in [2.24, 2.45) is 0 Å². The number of nitrogens with zero attached hydrogens (tertiary/aromatic N) is 3. The number of nitriles is 1. The van der Waals surface area contributed by atoms with Gasteiger partial charge >= 0.3 is 0 Å². The van der Waals surface area contributed by atoms with E-state index in [1.807, 2.05) is 35.2 Å². The molecule has 4 rings (SSSR count). The second-order valence-corrected chi connectivity index (χ2v) is 8.85. The molecule has 1 aromatic heterocycles. The van der Waals surface area contributed by atoms with Crippen LogP contribution in [-0.2, 0) is 0 Å². The zero-order valence-electron chi connectivity index (χ0n) is 16.1. The Morgan fingerprint density at radius 2 is 1.82 bits per heavy atom. The van der Waals surface area contributed by atoms with Crippen molar-refractivity contribution < 1.29 is 9.90 Å². The number of halogens is 1. The summed E-state index contributed by atoms with van der Waals surface area (Å²) < 4.78 is 3.10. The largest absolute Gasteiger partial charge is 0.393 e. The Morgan fingerprint density at radius 1 is 1.18 bits per heavy atom. The molecule has 1 aromatic carbocycles. The van der Waals surface area contributed by atoms with Crippen molar-refractivity contribution in [2.45, 2.75) is 63.8 Å². The van der Waals surface area contributed by atoms with Gasteiger partial charge in [0.1, 0.15) is 0 Å². The van der Waals surface area contributed by atoms with Crippen LogP contribution in [0.5, 0.6) is 0 Å². The predicted octanol–water partition coefficient (Wildman–Crippen LogP) is 4.55. The molecule has 28 heavy (non-hydrogen) atoms. The van der Waals surface area contributed by atoms with Crippen LogP contribution in [0.2, 0.25) is 0 Å². The predicted molar refractivity (Wildman–Crippen MR) is 110 cm³/mol. The lowest BCUT2D eigenvalue weighted by Crippen LogP contribution is -2.42. The van der Waals surface area contributed by atoms with Crippen LogP contribution in [0.4, 0.5) is 0 Å². The summed E-state index contributed by atoms with van der Waals surface area (Å²) in [5.74, 6) is 0.0610. The minimum atomic E-state index is -0.261. The third-order valence-corrected chi connectivity index (χ3v) is 6.57. The second-order valence-electron chi connectivity index (χ2n) is 8.04. The molecule has 0 spiro atoms. The quantitative estimate of drug-likeness (QED) is 0.758. The SMILES string of the molecule is CC(C)n1c(Br)cc2c1C(c1ccc(C#N)cc1)N(C1CCC(O)CC1)C2=O. The first-order chi connectivity index (χ1) is 13.4. The summed E-state index contributed by atoms with van der Waals surface area (Å²) in [7, 11) is 0. The van der Waals surface area contributed by atoms with Gasteiger partial charge in [0, 0.05) is 12.1 Å². The van der Waals surface area contributed by atoms with E-state index in [1.165, 1.54) is 0 Å². The Hall–Kier alpha value is -2.10. The molecule has 5 nitrogen and oxygen atoms in total. The first-order valence-electron chi connectivity index (χ1n) is 9.83. The Bertz CT molecular complexity index is 934. The van der Waals surface area contributed by atoms with Gasteiger partial charge in [0.15, 0.2) is 0 Å². The molecule has 1 aliphatic carbocycles. The highest BCUT2D eigenvalue weighted by Gasteiger charge is 2.45. The zero-order chi connectivity index (χ0) is 20.0. The minimum Gasteiger partial charge on any atom is -0.393 e. The molecular weight excluding hydrogens is 418 g/mol. The van der Waals surface area contributed by atoms with Crippen LogP contribution in [0, 0.1) is 11.3 Å². The van der Waals surface area contributed by atoms with E-state index in [4.69, 9.17) is 5.26 Å². The molecule has 1 fully saturated rings. The average Bonchev–Trinajstić information content (AvgIpc) is 3.16. The number of carbonyl (C=O) groups is 1. The van der Waals surface area contributed by atoms with Crippen LogP contribution in [0.25, 0.3) is 0 Å². The first kappa shape index (κ1) is 19.2. The average molecular weight is 442 g/mol. The molecule has 1 aliphatic heterocycles. The van der Waals surface area contributed by atoms with E-state index < -0.39 is 0 Å². The van der Waals surface area contributed by atoms with Crippen LogP contribution in [-0.4, -0.2) is 32.6 Å². The Balaban J connectivity index is 1.83. The highest BCUT2D eigenvalue weighted by atomic mass is 79.9. The van der Waals surface area contributed by atoms with Gasteiger partial charge in [-0.05, 0) is 79.2 Å². The highest BCUT2D eigenvalue weighted by molar-refractivity contribution is 9.10. The molecule has 146 valence electrons. The fourth-order valence-corrected chi connectivity index (χ4v) is 5.47. The van der Waals surface area contributed by atoms with Crippen LogP contribution in [0.1, 0.15) is 78.8 Å². The van der Waals surface area contributed by atoms with Crippen LogP contribution in [0.15, 0.2) is 34.9 Å². The molecular formula is C22H24BrN3O2. The number of hydrogen-bond donors (Lipinski definition) is 1. The standard InChI is InChI=1S/C22H24BrN3O2/c1-13(2)25-19(23)11-18-21(25)20(15-5-3-14(12-24)4-6-15)26(22(18)28)16-7-9-17(27)10-8-16/h3-6,11,13,16-17,20,27H,7-10H2,1-2H3. The monoisotopic (exact) mass is 441 g/mol. The number of fused-ring (bicyclic) bond motifs is 1. The molecule has 1 atom stereocenters. The van der Waals surface area contributed by atoms with E-state index in [0.717, 1.165) is 47.1 Å². The number of hydrogen-bond acceptors (Lipinski definition) is 3. The summed E-state index contributed by atoms with van der Waals surface area (Å²) in [5, 5.41) is 19.1. The van der Waals surface area contributed by atoms with E-state index in [2.05, 4.69) is 40.4 Å². The number of aliphatic hydroxyl groups is 1. The lowest BCUT2D eigenvalue weighted by molar-refractivity contribution is 0.0457. The summed E-state index contributed by atoms with van der Waals surface area (Å²) in [4.78, 5) is 15.5. The normalized spacial score (nSPS) is 24.5. The summed E-state index contributed by atoms with van der Waals surface area (Å²) in [6, 6.07) is 11.8. The molecule has 0 radical (unpaired) electrons. The first-order valence-corrected chi connectivity index (χ1v) is 10.6. The maximum atomic E-state index is 13.4. The minimum absolute atomic E-state index is 0.0610. The molecule has 0 saturated heterocycles. The number of rotatable bonds is 3. The molecule has 1 amide bonds. The maximum absolute atomic E-state index is 13.4. The van der Waals surface area contributed by atoms with Gasteiger partial charge in [-0.25, -0.2) is 0 Å². The van der Waals surface area contributed by atoms with Crippen molar-refractivity contribution in [2.75, 3.05) is 0 Å². The number of aliphatic hydroxyl groups excluding tert-OH is 1. The third kappa shape index (κ3) is 3.07. The number of amides is 1. The van der Waals surface area contributed by atoms with E-state index in [9.17, 15) is 9.90 Å². The Morgan fingerprint density at radius 3 is 2.39 bits per heavy atom. The van der Waals surface area contributed by atoms with Crippen molar-refractivity contribution in [3.05, 3.63) is 57.3 Å². The van der Waals surface area contributed by atoms with E-state index in [-0.39, 0.29) is 30.1 Å². The Kier molecular flexibility index (Phi) is 5.07. The summed E-state index contributed by atoms with van der Waals surface area (Å²) >= 11 is 3.63. The molecule has 1 unspecified atom stereocenters. The van der Waals surface area contributed by atoms with Gasteiger partial charge in [0.2, 0.25) is 0 Å². The van der Waals surface area contributed by atoms with Crippen LogP contribution < -0.4 is 0 Å². The lowest BCUT2D eigenvalue weighted by atomic mass is 9.90. The Labute approximate surface area is 173 Å². The molecule has 2 aliphatic rings. The van der Waals surface area contributed by atoms with Gasteiger partial charge < -0.3 is 14.6 Å². The number of benzene rings is 1. The molecule has 6 heteroatoms. The summed E-state index contributed by atoms with van der Waals surface area (Å²) in [6.45, 7) is 4.23. The highest BCUT2D eigenvalue weighted by Crippen LogP contribution is 2.45. The molecule has 1 saturated carbocycles.